The van der Waals surface area contributed by atoms with Gasteiger partial charge in [-0.2, -0.15) is 0 Å². The van der Waals surface area contributed by atoms with Crippen molar-refractivity contribution in [1.82, 2.24) is 13.5 Å². The topological polar surface area (TPSA) is 27.4 Å². The van der Waals surface area contributed by atoms with Crippen molar-refractivity contribution < 1.29 is 4.42 Å². The van der Waals surface area contributed by atoms with E-state index in [-0.39, 0.29) is 0 Å². The Morgan fingerprint density at radius 3 is 1.89 bits per heavy atom. The summed E-state index contributed by atoms with van der Waals surface area (Å²) < 4.78 is 14.2. The molecule has 0 amide bonds. The van der Waals surface area contributed by atoms with Gasteiger partial charge in [0.1, 0.15) is 11.2 Å². The Balaban J connectivity index is 1.40. The summed E-state index contributed by atoms with van der Waals surface area (Å²) in [5.41, 5.74) is 13.4. The van der Waals surface area contributed by atoms with E-state index >= 15 is 0 Å². The molecular formula is C49H31N3O. The van der Waals surface area contributed by atoms with Crippen molar-refractivity contribution in [2.75, 3.05) is 0 Å². The lowest BCUT2D eigenvalue weighted by Gasteiger charge is -2.11. The van der Waals surface area contributed by atoms with E-state index in [0.717, 1.165) is 39.0 Å². The molecule has 0 fully saturated rings. The number of aromatic nitrogens is 3. The minimum Gasteiger partial charge on any atom is -0.456 e. The van der Waals surface area contributed by atoms with Gasteiger partial charge in [-0.1, -0.05) is 104 Å². The molecule has 0 atom stereocenters. The molecule has 5 aromatic heterocycles. The second-order valence-corrected chi connectivity index (χ2v) is 14.0. The maximum absolute atomic E-state index is 6.81. The van der Waals surface area contributed by atoms with Gasteiger partial charge in [0, 0.05) is 65.4 Å². The lowest BCUT2D eigenvalue weighted by Crippen LogP contribution is -1.97. The van der Waals surface area contributed by atoms with E-state index < -0.39 is 0 Å². The summed E-state index contributed by atoms with van der Waals surface area (Å²) >= 11 is 0. The van der Waals surface area contributed by atoms with E-state index in [1.54, 1.807) is 0 Å². The monoisotopic (exact) mass is 677 g/mol. The fourth-order valence-electron chi connectivity index (χ4n) is 9.49. The number of fused-ring (bicyclic) bond motifs is 16. The third-order valence-corrected chi connectivity index (χ3v) is 11.4. The first-order valence-electron chi connectivity index (χ1n) is 18.2. The maximum Gasteiger partial charge on any atom is 0.136 e. The van der Waals surface area contributed by atoms with Crippen molar-refractivity contribution in [2.45, 2.75) is 6.92 Å². The first kappa shape index (κ1) is 28.6. The molecule has 12 aromatic rings. The number of furan rings is 1. The standard InChI is InChI=1S/C49H31N3O/c1-3-15-31-33-24-26-39-43(47(33)50(37(31)4-2)29-16-7-5-8-17-29)36-28-42-44(35-21-12-14-23-41(35)53-42)46-45-40(52(39)49(36)46)27-25-34-32-20-11-13-22-38(32)51(48(34)45)30-18-9-6-10-19-30/h3-28H,2H2,1H3/b15-3-. The number of allylic oxidation sites excluding steroid dienone is 1. The van der Waals surface area contributed by atoms with Crippen LogP contribution >= 0.6 is 0 Å². The van der Waals surface area contributed by atoms with Crippen molar-refractivity contribution in [3.8, 4) is 11.4 Å². The Bertz CT molecular complexity index is 3520. The lowest BCUT2D eigenvalue weighted by atomic mass is 9.99. The van der Waals surface area contributed by atoms with E-state index in [2.05, 4.69) is 179 Å². The normalized spacial score (nSPS) is 12.6. The average molecular weight is 678 g/mol. The Labute approximate surface area is 303 Å². The molecule has 0 saturated heterocycles. The van der Waals surface area contributed by atoms with Crippen LogP contribution in [0, 0.1) is 0 Å². The number of rotatable bonds is 4. The Morgan fingerprint density at radius 1 is 0.491 bits per heavy atom. The summed E-state index contributed by atoms with van der Waals surface area (Å²) in [6.07, 6.45) is 6.33. The van der Waals surface area contributed by atoms with Gasteiger partial charge in [0.25, 0.3) is 0 Å². The van der Waals surface area contributed by atoms with Crippen LogP contribution in [0.1, 0.15) is 18.2 Å². The molecule has 7 aromatic carbocycles. The number of hydrogen-bond donors (Lipinski definition) is 0. The summed E-state index contributed by atoms with van der Waals surface area (Å²) in [6, 6.07) is 50.3. The minimum absolute atomic E-state index is 0.896. The van der Waals surface area contributed by atoms with Crippen molar-refractivity contribution in [1.29, 1.82) is 0 Å². The molecule has 4 heteroatoms. The highest BCUT2D eigenvalue weighted by molar-refractivity contribution is 6.40. The third kappa shape index (κ3) is 3.50. The van der Waals surface area contributed by atoms with Crippen LogP contribution in [-0.4, -0.2) is 13.5 Å². The van der Waals surface area contributed by atoms with Gasteiger partial charge in [0.2, 0.25) is 0 Å². The van der Waals surface area contributed by atoms with Crippen LogP contribution in [0.3, 0.4) is 0 Å². The highest BCUT2D eigenvalue weighted by Crippen LogP contribution is 2.51. The van der Waals surface area contributed by atoms with Crippen LogP contribution in [0.4, 0.5) is 0 Å². The lowest BCUT2D eigenvalue weighted by molar-refractivity contribution is 0.669. The molecule has 0 N–H and O–H groups in total. The minimum atomic E-state index is 0.896. The Kier molecular flexibility index (Phi) is 5.55. The highest BCUT2D eigenvalue weighted by Gasteiger charge is 2.29. The number of para-hydroxylation sites is 4. The van der Waals surface area contributed by atoms with Gasteiger partial charge in [-0.15, -0.1) is 0 Å². The molecule has 5 heterocycles. The largest absolute Gasteiger partial charge is 0.456 e. The molecule has 0 unspecified atom stereocenters. The zero-order chi connectivity index (χ0) is 34.9. The predicted octanol–water partition coefficient (Wildman–Crippen LogP) is 13.5. The van der Waals surface area contributed by atoms with Gasteiger partial charge in [-0.25, -0.2) is 0 Å². The van der Waals surface area contributed by atoms with Crippen LogP contribution in [0.15, 0.2) is 157 Å². The van der Waals surface area contributed by atoms with Gasteiger partial charge in [-0.3, -0.25) is 0 Å². The summed E-state index contributed by atoms with van der Waals surface area (Å²) in [5, 5.41) is 10.8. The van der Waals surface area contributed by atoms with Crippen LogP contribution in [0.5, 0.6) is 0 Å². The molecule has 0 aliphatic rings. The number of nitrogens with zero attached hydrogens (tertiary/aromatic N) is 3. The van der Waals surface area contributed by atoms with Gasteiger partial charge in [-0.05, 0) is 67.6 Å². The second-order valence-electron chi connectivity index (χ2n) is 14.0. The van der Waals surface area contributed by atoms with Crippen LogP contribution in [0.2, 0.25) is 0 Å². The smallest absolute Gasteiger partial charge is 0.136 e. The molecule has 0 saturated carbocycles. The van der Waals surface area contributed by atoms with Gasteiger partial charge in [0.15, 0.2) is 0 Å². The molecule has 0 bridgehead atoms. The molecule has 0 aliphatic carbocycles. The van der Waals surface area contributed by atoms with E-state index in [1.807, 2.05) is 6.08 Å². The molecule has 0 spiro atoms. The van der Waals surface area contributed by atoms with Crippen molar-refractivity contribution in [3.63, 3.8) is 0 Å². The maximum atomic E-state index is 6.81. The fraction of sp³-hybridized carbons (Fsp3) is 0.0204. The Morgan fingerprint density at radius 2 is 1.13 bits per heavy atom. The average Bonchev–Trinajstić information content (AvgIpc) is 3.99. The summed E-state index contributed by atoms with van der Waals surface area (Å²) in [4.78, 5) is 0. The zero-order valence-electron chi connectivity index (χ0n) is 29.0. The SMILES string of the molecule is C=Cc1c(/C=C\C)c2ccc3c(c4cc5oc6ccccc6c5c5c6c7c(ccc6n3c45)c3ccccc3n7-c3ccccc3)c2n1-c1ccccc1. The first-order chi connectivity index (χ1) is 26.3. The first-order valence-corrected chi connectivity index (χ1v) is 18.2. The summed E-state index contributed by atoms with van der Waals surface area (Å²) in [7, 11) is 0. The summed E-state index contributed by atoms with van der Waals surface area (Å²) in [6.45, 7) is 6.41. The molecule has 248 valence electrons. The fourth-order valence-corrected chi connectivity index (χ4v) is 9.49. The van der Waals surface area contributed by atoms with E-state index in [1.165, 1.54) is 76.4 Å². The quantitative estimate of drug-likeness (QED) is 0.182. The van der Waals surface area contributed by atoms with Crippen LogP contribution in [0.25, 0.3) is 116 Å². The van der Waals surface area contributed by atoms with E-state index in [0.29, 0.717) is 0 Å². The number of hydrogen-bond acceptors (Lipinski definition) is 1. The molecule has 12 rings (SSSR count). The van der Waals surface area contributed by atoms with Gasteiger partial charge < -0.3 is 18.0 Å². The summed E-state index contributed by atoms with van der Waals surface area (Å²) in [5.74, 6) is 0. The molecule has 4 nitrogen and oxygen atoms in total. The van der Waals surface area contributed by atoms with E-state index in [4.69, 9.17) is 4.42 Å². The molecule has 0 radical (unpaired) electrons. The van der Waals surface area contributed by atoms with Crippen molar-refractivity contribution in [3.05, 3.63) is 163 Å². The number of benzene rings is 7. The molecule has 53 heavy (non-hydrogen) atoms. The highest BCUT2D eigenvalue weighted by atomic mass is 16.3. The zero-order valence-corrected chi connectivity index (χ0v) is 29.0. The Hall–Kier alpha value is -7.04. The van der Waals surface area contributed by atoms with Crippen LogP contribution in [-0.2, 0) is 0 Å². The van der Waals surface area contributed by atoms with Crippen molar-refractivity contribution in [2.24, 2.45) is 0 Å². The van der Waals surface area contributed by atoms with Crippen molar-refractivity contribution >= 4 is 105 Å². The second kappa shape index (κ2) is 10.3. The van der Waals surface area contributed by atoms with E-state index in [9.17, 15) is 0 Å². The predicted molar refractivity (Wildman–Crippen MR) is 224 cm³/mol. The molecule has 0 aliphatic heterocycles. The van der Waals surface area contributed by atoms with Crippen LogP contribution < -0.4 is 0 Å². The third-order valence-electron chi connectivity index (χ3n) is 11.4. The van der Waals surface area contributed by atoms with Gasteiger partial charge in [0.05, 0.1) is 38.8 Å². The molecular weight excluding hydrogens is 647 g/mol. The van der Waals surface area contributed by atoms with Gasteiger partial charge >= 0.3 is 0 Å².